The fourth-order valence-electron chi connectivity index (χ4n) is 2.28. The summed E-state index contributed by atoms with van der Waals surface area (Å²) < 4.78 is 4.24. The molecule has 0 amide bonds. The molecule has 1 fully saturated rings. The Balaban J connectivity index is 1.92. The molecule has 6 heteroatoms. The third-order valence-corrected chi connectivity index (χ3v) is 3.85. The van der Waals surface area contributed by atoms with Crippen LogP contribution in [-0.4, -0.2) is 57.7 Å². The van der Waals surface area contributed by atoms with Crippen LogP contribution < -0.4 is 4.90 Å². The van der Waals surface area contributed by atoms with Crippen LogP contribution in [-0.2, 0) is 0 Å². The molecule has 0 aromatic carbocycles. The highest BCUT2D eigenvalue weighted by Crippen LogP contribution is 2.19. The SMILES string of the molecule is Cc1nsc(N2CCCN(CC(C)(C)O)CC2)n1. The van der Waals surface area contributed by atoms with Crippen molar-refractivity contribution in [2.45, 2.75) is 32.8 Å². The Morgan fingerprint density at radius 3 is 2.67 bits per heavy atom. The summed E-state index contributed by atoms with van der Waals surface area (Å²) in [6, 6.07) is 0. The first-order chi connectivity index (χ1) is 8.44. The quantitative estimate of drug-likeness (QED) is 0.892. The lowest BCUT2D eigenvalue weighted by Crippen LogP contribution is -2.40. The Kier molecular flexibility index (Phi) is 4.19. The summed E-state index contributed by atoms with van der Waals surface area (Å²) in [6.45, 7) is 10.4. The van der Waals surface area contributed by atoms with E-state index in [1.165, 1.54) is 11.5 Å². The zero-order valence-electron chi connectivity index (χ0n) is 11.4. The van der Waals surface area contributed by atoms with Gasteiger partial charge >= 0.3 is 0 Å². The van der Waals surface area contributed by atoms with Gasteiger partial charge in [0.15, 0.2) is 0 Å². The van der Waals surface area contributed by atoms with E-state index in [2.05, 4.69) is 19.2 Å². The molecule has 5 nitrogen and oxygen atoms in total. The van der Waals surface area contributed by atoms with Crippen molar-refractivity contribution in [3.63, 3.8) is 0 Å². The van der Waals surface area contributed by atoms with Gasteiger partial charge in [0.2, 0.25) is 5.13 Å². The fraction of sp³-hybridized carbons (Fsp3) is 0.833. The van der Waals surface area contributed by atoms with Crippen molar-refractivity contribution in [2.75, 3.05) is 37.6 Å². The Hall–Kier alpha value is -0.720. The van der Waals surface area contributed by atoms with Crippen LogP contribution in [0.1, 0.15) is 26.1 Å². The first kappa shape index (κ1) is 13.7. The van der Waals surface area contributed by atoms with Crippen molar-refractivity contribution in [1.29, 1.82) is 0 Å². The summed E-state index contributed by atoms with van der Waals surface area (Å²) in [5.41, 5.74) is -0.617. The van der Waals surface area contributed by atoms with Crippen molar-refractivity contribution in [3.05, 3.63) is 5.82 Å². The molecule has 102 valence electrons. The van der Waals surface area contributed by atoms with Gasteiger partial charge in [-0.25, -0.2) is 4.98 Å². The lowest BCUT2D eigenvalue weighted by Gasteiger charge is -2.27. The van der Waals surface area contributed by atoms with Gasteiger partial charge in [0.1, 0.15) is 5.82 Å². The minimum absolute atomic E-state index is 0.617. The van der Waals surface area contributed by atoms with Gasteiger partial charge in [-0.15, -0.1) is 0 Å². The van der Waals surface area contributed by atoms with Crippen LogP contribution in [0.15, 0.2) is 0 Å². The molecular formula is C12H22N4OS. The Bertz CT molecular complexity index is 388. The van der Waals surface area contributed by atoms with Crippen molar-refractivity contribution < 1.29 is 5.11 Å². The second-order valence-electron chi connectivity index (χ2n) is 5.55. The van der Waals surface area contributed by atoms with Gasteiger partial charge in [-0.1, -0.05) is 0 Å². The molecule has 0 radical (unpaired) electrons. The van der Waals surface area contributed by atoms with Crippen LogP contribution in [0.3, 0.4) is 0 Å². The first-order valence-electron chi connectivity index (χ1n) is 6.44. The summed E-state index contributed by atoms with van der Waals surface area (Å²) >= 11 is 1.48. The lowest BCUT2D eigenvalue weighted by molar-refractivity contribution is 0.0385. The van der Waals surface area contributed by atoms with E-state index in [-0.39, 0.29) is 0 Å². The van der Waals surface area contributed by atoms with E-state index in [0.717, 1.165) is 50.1 Å². The maximum absolute atomic E-state index is 9.87. The third kappa shape index (κ3) is 3.90. The smallest absolute Gasteiger partial charge is 0.205 e. The number of hydrogen-bond donors (Lipinski definition) is 1. The van der Waals surface area contributed by atoms with E-state index in [9.17, 15) is 5.11 Å². The number of aromatic nitrogens is 2. The molecule has 0 spiro atoms. The van der Waals surface area contributed by atoms with Crippen molar-refractivity contribution in [3.8, 4) is 0 Å². The van der Waals surface area contributed by atoms with Crippen LogP contribution in [0, 0.1) is 6.92 Å². The molecule has 1 saturated heterocycles. The second kappa shape index (κ2) is 5.50. The molecule has 0 unspecified atom stereocenters. The minimum atomic E-state index is -0.617. The van der Waals surface area contributed by atoms with Crippen molar-refractivity contribution in [2.24, 2.45) is 0 Å². The van der Waals surface area contributed by atoms with Gasteiger partial charge in [0.05, 0.1) is 5.60 Å². The highest BCUT2D eigenvalue weighted by molar-refractivity contribution is 7.09. The molecule has 1 aromatic rings. The summed E-state index contributed by atoms with van der Waals surface area (Å²) in [5.74, 6) is 0.854. The van der Waals surface area contributed by atoms with E-state index >= 15 is 0 Å². The number of aryl methyl sites for hydroxylation is 1. The molecule has 2 heterocycles. The molecule has 1 N–H and O–H groups in total. The molecule has 1 aromatic heterocycles. The highest BCUT2D eigenvalue weighted by atomic mass is 32.1. The van der Waals surface area contributed by atoms with Crippen LogP contribution in [0.2, 0.25) is 0 Å². The lowest BCUT2D eigenvalue weighted by atomic mass is 10.1. The number of nitrogens with zero attached hydrogens (tertiary/aromatic N) is 4. The van der Waals surface area contributed by atoms with Gasteiger partial charge in [-0.05, 0) is 27.2 Å². The normalized spacial score (nSPS) is 19.0. The topological polar surface area (TPSA) is 52.5 Å². The van der Waals surface area contributed by atoms with E-state index in [1.54, 1.807) is 0 Å². The molecule has 0 bridgehead atoms. The predicted molar refractivity (Wildman–Crippen MR) is 74.2 cm³/mol. The van der Waals surface area contributed by atoms with Crippen LogP contribution in [0.25, 0.3) is 0 Å². The van der Waals surface area contributed by atoms with E-state index in [4.69, 9.17) is 0 Å². The first-order valence-corrected chi connectivity index (χ1v) is 7.21. The highest BCUT2D eigenvalue weighted by Gasteiger charge is 2.22. The van der Waals surface area contributed by atoms with Gasteiger partial charge in [-0.2, -0.15) is 4.37 Å². The zero-order valence-corrected chi connectivity index (χ0v) is 12.2. The maximum Gasteiger partial charge on any atom is 0.205 e. The van der Waals surface area contributed by atoms with Crippen molar-refractivity contribution >= 4 is 16.7 Å². The largest absolute Gasteiger partial charge is 0.389 e. The number of rotatable bonds is 3. The summed E-state index contributed by atoms with van der Waals surface area (Å²) in [5, 5.41) is 10.9. The van der Waals surface area contributed by atoms with Gasteiger partial charge in [0.25, 0.3) is 0 Å². The zero-order chi connectivity index (χ0) is 13.2. The monoisotopic (exact) mass is 270 g/mol. The number of β-amino-alcohol motifs (C(OH)–C–C–N with tert-alkyl or cyclic N) is 1. The molecule has 1 aliphatic heterocycles. The molecule has 1 aliphatic rings. The van der Waals surface area contributed by atoms with E-state index in [0.29, 0.717) is 0 Å². The van der Waals surface area contributed by atoms with Crippen LogP contribution in [0.4, 0.5) is 5.13 Å². The van der Waals surface area contributed by atoms with E-state index in [1.807, 2.05) is 20.8 Å². The summed E-state index contributed by atoms with van der Waals surface area (Å²) in [6.07, 6.45) is 1.11. The summed E-state index contributed by atoms with van der Waals surface area (Å²) in [7, 11) is 0. The van der Waals surface area contributed by atoms with Crippen LogP contribution >= 0.6 is 11.5 Å². The molecule has 0 atom stereocenters. The minimum Gasteiger partial charge on any atom is -0.389 e. The standard InChI is InChI=1S/C12H22N4OS/c1-10-13-11(18-14-10)16-6-4-5-15(7-8-16)9-12(2,3)17/h17H,4-9H2,1-3H3. The molecular weight excluding hydrogens is 248 g/mol. The van der Waals surface area contributed by atoms with E-state index < -0.39 is 5.60 Å². The maximum atomic E-state index is 9.87. The number of anilines is 1. The fourth-order valence-corrected chi connectivity index (χ4v) is 3.01. The number of hydrogen-bond acceptors (Lipinski definition) is 6. The molecule has 2 rings (SSSR count). The third-order valence-electron chi connectivity index (χ3n) is 2.99. The van der Waals surface area contributed by atoms with Gasteiger partial charge < -0.3 is 10.0 Å². The van der Waals surface area contributed by atoms with Crippen molar-refractivity contribution in [1.82, 2.24) is 14.3 Å². The average molecular weight is 270 g/mol. The van der Waals surface area contributed by atoms with Gasteiger partial charge in [-0.3, -0.25) is 4.90 Å². The summed E-state index contributed by atoms with van der Waals surface area (Å²) in [4.78, 5) is 9.07. The predicted octanol–water partition coefficient (Wildman–Crippen LogP) is 1.13. The Morgan fingerprint density at radius 2 is 2.06 bits per heavy atom. The molecule has 18 heavy (non-hydrogen) atoms. The van der Waals surface area contributed by atoms with Gasteiger partial charge in [0, 0.05) is 44.3 Å². The second-order valence-corrected chi connectivity index (χ2v) is 6.28. The van der Waals surface area contributed by atoms with Crippen LogP contribution in [0.5, 0.6) is 0 Å². The molecule has 0 saturated carbocycles. The Morgan fingerprint density at radius 1 is 1.28 bits per heavy atom. The Labute approximate surface area is 113 Å². The average Bonchev–Trinajstić information content (AvgIpc) is 2.55. The number of aliphatic hydroxyl groups is 1. The molecule has 0 aliphatic carbocycles.